The quantitative estimate of drug-likeness (QED) is 0.613. The van der Waals surface area contributed by atoms with Gasteiger partial charge in [-0.2, -0.15) is 5.10 Å². The Hall–Kier alpha value is -2.87. The van der Waals surface area contributed by atoms with Crippen molar-refractivity contribution in [3.8, 4) is 11.4 Å². The summed E-state index contributed by atoms with van der Waals surface area (Å²) in [6.45, 7) is 8.02. The number of fused-ring (bicyclic) bond motifs is 1. The van der Waals surface area contributed by atoms with Crippen molar-refractivity contribution in [1.82, 2.24) is 19.8 Å². The third-order valence-electron chi connectivity index (χ3n) is 4.52. The number of carbonyl (C=O) groups is 2. The van der Waals surface area contributed by atoms with E-state index in [0.29, 0.717) is 22.2 Å². The van der Waals surface area contributed by atoms with Gasteiger partial charge in [-0.3, -0.25) is 9.59 Å². The molecule has 0 saturated carbocycles. The zero-order valence-electron chi connectivity index (χ0n) is 17.1. The first-order chi connectivity index (χ1) is 13.6. The lowest BCUT2D eigenvalue weighted by atomic mass is 9.92. The van der Waals surface area contributed by atoms with E-state index in [0.717, 1.165) is 16.8 Å². The molecule has 2 aromatic heterocycles. The molecule has 0 unspecified atom stereocenters. The molecule has 0 radical (unpaired) electrons. The summed E-state index contributed by atoms with van der Waals surface area (Å²) in [5.41, 5.74) is 3.37. The van der Waals surface area contributed by atoms with Crippen LogP contribution in [0.1, 0.15) is 44.9 Å². The van der Waals surface area contributed by atoms with Crippen LogP contribution in [0, 0.1) is 6.92 Å². The standard InChI is InChI=1S/C20H24ClN5O3/c1-11-7-6-8-12(22-13(27)9-10-14(28)29-5)15(11)18-23-19-16(21)17(20(2,3)4)24-26(19)25-18/h6-8H,9-10H2,1-5H3,(H,22,27)(H,23,25). The Morgan fingerprint density at radius 2 is 1.97 bits per heavy atom. The van der Waals surface area contributed by atoms with E-state index in [4.69, 9.17) is 11.6 Å². The van der Waals surface area contributed by atoms with Crippen molar-refractivity contribution in [3.63, 3.8) is 0 Å². The highest BCUT2D eigenvalue weighted by Gasteiger charge is 2.26. The van der Waals surface area contributed by atoms with Crippen LogP contribution in [-0.4, -0.2) is 38.8 Å². The van der Waals surface area contributed by atoms with Gasteiger partial charge in [0.15, 0.2) is 11.5 Å². The fourth-order valence-corrected chi connectivity index (χ4v) is 3.45. The average Bonchev–Trinajstić information content (AvgIpc) is 3.19. The van der Waals surface area contributed by atoms with Crippen molar-refractivity contribution in [1.29, 1.82) is 0 Å². The number of nitrogens with zero attached hydrogens (tertiary/aromatic N) is 3. The van der Waals surface area contributed by atoms with E-state index < -0.39 is 5.97 Å². The van der Waals surface area contributed by atoms with Gasteiger partial charge in [0.05, 0.1) is 24.9 Å². The van der Waals surface area contributed by atoms with Crippen LogP contribution in [0.3, 0.4) is 0 Å². The number of hydrogen-bond donors (Lipinski definition) is 2. The van der Waals surface area contributed by atoms with Crippen molar-refractivity contribution in [2.45, 2.75) is 46.0 Å². The first-order valence-electron chi connectivity index (χ1n) is 9.23. The molecule has 2 N–H and O–H groups in total. The minimum absolute atomic E-state index is 0.0171. The number of anilines is 1. The van der Waals surface area contributed by atoms with Crippen LogP contribution < -0.4 is 5.32 Å². The van der Waals surface area contributed by atoms with E-state index in [1.165, 1.54) is 11.7 Å². The number of carbonyl (C=O) groups excluding carboxylic acids is 2. The van der Waals surface area contributed by atoms with Crippen LogP contribution >= 0.6 is 11.6 Å². The second kappa shape index (κ2) is 7.87. The summed E-state index contributed by atoms with van der Waals surface area (Å²) in [6, 6.07) is 5.55. The van der Waals surface area contributed by atoms with E-state index in [1.54, 1.807) is 6.07 Å². The zero-order valence-corrected chi connectivity index (χ0v) is 17.8. The number of rotatable bonds is 5. The van der Waals surface area contributed by atoms with Crippen molar-refractivity contribution in [2.75, 3.05) is 12.4 Å². The van der Waals surface area contributed by atoms with Gasteiger partial charge in [-0.25, -0.2) is 0 Å². The van der Waals surface area contributed by atoms with Gasteiger partial charge in [0.25, 0.3) is 0 Å². The molecule has 0 aliphatic rings. The van der Waals surface area contributed by atoms with E-state index in [9.17, 15) is 9.59 Å². The topological polar surface area (TPSA) is 101 Å². The number of ether oxygens (including phenoxy) is 1. The maximum atomic E-state index is 12.3. The molecule has 2 heterocycles. The molecule has 0 fully saturated rings. The Morgan fingerprint density at radius 1 is 1.24 bits per heavy atom. The third-order valence-corrected chi connectivity index (χ3v) is 4.88. The Labute approximate surface area is 173 Å². The molecule has 1 amide bonds. The lowest BCUT2D eigenvalue weighted by molar-refractivity contribution is -0.141. The van der Waals surface area contributed by atoms with Crippen LogP contribution in [0.4, 0.5) is 5.69 Å². The number of H-pyrrole nitrogens is 1. The summed E-state index contributed by atoms with van der Waals surface area (Å²) >= 11 is 6.52. The summed E-state index contributed by atoms with van der Waals surface area (Å²) in [4.78, 5) is 26.8. The first-order valence-corrected chi connectivity index (χ1v) is 9.61. The molecule has 0 aliphatic heterocycles. The Kier molecular flexibility index (Phi) is 5.66. The fourth-order valence-electron chi connectivity index (χ4n) is 3.01. The number of benzene rings is 1. The summed E-state index contributed by atoms with van der Waals surface area (Å²) < 4.78 is 6.06. The van der Waals surface area contributed by atoms with Crippen molar-refractivity contribution >= 4 is 34.8 Å². The summed E-state index contributed by atoms with van der Waals surface area (Å²) in [5, 5.41) is 12.4. The maximum absolute atomic E-state index is 12.3. The number of methoxy groups -OCH3 is 1. The molecule has 1 aromatic carbocycles. The fraction of sp³-hybridized carbons (Fsp3) is 0.400. The van der Waals surface area contributed by atoms with Gasteiger partial charge in [-0.05, 0) is 18.6 Å². The van der Waals surface area contributed by atoms with E-state index in [1.807, 2.05) is 39.8 Å². The van der Waals surface area contributed by atoms with Crippen LogP contribution in [0.25, 0.3) is 17.0 Å². The van der Waals surface area contributed by atoms with Crippen molar-refractivity contribution in [3.05, 3.63) is 34.5 Å². The summed E-state index contributed by atoms with van der Waals surface area (Å²) in [6.07, 6.45) is 0.0472. The molecule has 0 atom stereocenters. The second-order valence-corrected chi connectivity index (χ2v) is 8.22. The number of aryl methyl sites for hydroxylation is 1. The van der Waals surface area contributed by atoms with E-state index >= 15 is 0 Å². The van der Waals surface area contributed by atoms with E-state index in [2.05, 4.69) is 25.2 Å². The van der Waals surface area contributed by atoms with Gasteiger partial charge in [0.2, 0.25) is 5.91 Å². The van der Waals surface area contributed by atoms with Crippen LogP contribution in [0.2, 0.25) is 5.02 Å². The Morgan fingerprint density at radius 3 is 2.59 bits per heavy atom. The predicted octanol–water partition coefficient (Wildman–Crippen LogP) is 3.88. The lowest BCUT2D eigenvalue weighted by Crippen LogP contribution is -2.15. The number of aromatic nitrogens is 4. The van der Waals surface area contributed by atoms with Crippen molar-refractivity contribution in [2.24, 2.45) is 0 Å². The van der Waals surface area contributed by atoms with Gasteiger partial charge < -0.3 is 15.0 Å². The molecule has 0 spiro atoms. The van der Waals surface area contributed by atoms with E-state index in [-0.39, 0.29) is 24.2 Å². The minimum atomic E-state index is -0.429. The number of amides is 1. The summed E-state index contributed by atoms with van der Waals surface area (Å²) in [7, 11) is 1.29. The molecular weight excluding hydrogens is 394 g/mol. The highest BCUT2D eigenvalue weighted by Crippen LogP contribution is 2.34. The van der Waals surface area contributed by atoms with Gasteiger partial charge in [-0.15, -0.1) is 9.73 Å². The SMILES string of the molecule is COC(=O)CCC(=O)Nc1cccc(C)c1-c1nn2nc(C(C)(C)C)c(Cl)c2[nH]1. The molecule has 3 rings (SSSR count). The largest absolute Gasteiger partial charge is 0.469 e. The molecule has 3 aromatic rings. The van der Waals surface area contributed by atoms with Gasteiger partial charge >= 0.3 is 5.97 Å². The Bertz CT molecular complexity index is 1080. The molecule has 8 nitrogen and oxygen atoms in total. The maximum Gasteiger partial charge on any atom is 0.306 e. The average molecular weight is 418 g/mol. The van der Waals surface area contributed by atoms with Crippen molar-refractivity contribution < 1.29 is 14.3 Å². The molecule has 29 heavy (non-hydrogen) atoms. The number of esters is 1. The molecule has 0 bridgehead atoms. The normalized spacial score (nSPS) is 11.7. The number of halogens is 1. The van der Waals surface area contributed by atoms with Crippen LogP contribution in [-0.2, 0) is 19.7 Å². The molecule has 0 aliphatic carbocycles. The van der Waals surface area contributed by atoms with Gasteiger partial charge in [-0.1, -0.05) is 44.5 Å². The number of hydrogen-bond acceptors (Lipinski definition) is 5. The second-order valence-electron chi connectivity index (χ2n) is 7.85. The molecule has 0 saturated heterocycles. The lowest BCUT2D eigenvalue weighted by Gasteiger charge is -2.15. The smallest absolute Gasteiger partial charge is 0.306 e. The van der Waals surface area contributed by atoms with Gasteiger partial charge in [0.1, 0.15) is 5.02 Å². The predicted molar refractivity (Wildman–Crippen MR) is 111 cm³/mol. The highest BCUT2D eigenvalue weighted by atomic mass is 35.5. The third kappa shape index (κ3) is 4.27. The highest BCUT2D eigenvalue weighted by molar-refractivity contribution is 6.34. The number of aromatic amines is 1. The Balaban J connectivity index is 1.95. The first kappa shape index (κ1) is 20.9. The monoisotopic (exact) mass is 417 g/mol. The van der Waals surface area contributed by atoms with Crippen LogP contribution in [0.15, 0.2) is 18.2 Å². The molecule has 154 valence electrons. The zero-order chi connectivity index (χ0) is 21.3. The minimum Gasteiger partial charge on any atom is -0.469 e. The summed E-state index contributed by atoms with van der Waals surface area (Å²) in [5.74, 6) is -0.177. The van der Waals surface area contributed by atoms with Gasteiger partial charge in [0, 0.05) is 17.4 Å². The molecule has 9 heteroatoms. The number of nitrogens with one attached hydrogen (secondary N) is 2. The van der Waals surface area contributed by atoms with Crippen LogP contribution in [0.5, 0.6) is 0 Å². The molecular formula is C20H24ClN5O3.